The summed E-state index contributed by atoms with van der Waals surface area (Å²) in [5, 5.41) is 2.71. The number of carbonyl (C=O) groups is 2. The zero-order valence-corrected chi connectivity index (χ0v) is 14.8. The Kier molecular flexibility index (Phi) is 5.84. The highest BCUT2D eigenvalue weighted by molar-refractivity contribution is 5.96. The summed E-state index contributed by atoms with van der Waals surface area (Å²) in [5.74, 6) is 0.186. The second-order valence-electron chi connectivity index (χ2n) is 5.85. The van der Waals surface area contributed by atoms with Crippen LogP contribution >= 0.6 is 0 Å². The van der Waals surface area contributed by atoms with Gasteiger partial charge >= 0.3 is 5.97 Å². The van der Waals surface area contributed by atoms with Crippen LogP contribution in [0.5, 0.6) is 11.5 Å². The van der Waals surface area contributed by atoms with E-state index in [0.29, 0.717) is 22.7 Å². The van der Waals surface area contributed by atoms with Crippen molar-refractivity contribution in [2.45, 2.75) is 6.92 Å². The normalized spacial score (nSPS) is 10.1. The van der Waals surface area contributed by atoms with Gasteiger partial charge in [-0.15, -0.1) is 0 Å². The van der Waals surface area contributed by atoms with E-state index in [1.165, 1.54) is 0 Å². The molecule has 0 atom stereocenters. The number of rotatable bonds is 6. The lowest BCUT2D eigenvalue weighted by Gasteiger charge is -2.12. The Morgan fingerprint density at radius 3 is 2.30 bits per heavy atom. The fourth-order valence-corrected chi connectivity index (χ4v) is 2.47. The van der Waals surface area contributed by atoms with Crippen LogP contribution in [-0.2, 0) is 9.53 Å². The highest BCUT2D eigenvalue weighted by Crippen LogP contribution is 2.29. The molecule has 0 saturated carbocycles. The van der Waals surface area contributed by atoms with E-state index in [9.17, 15) is 9.59 Å². The molecule has 0 radical (unpaired) electrons. The first-order valence-corrected chi connectivity index (χ1v) is 8.48. The maximum Gasteiger partial charge on any atom is 0.338 e. The van der Waals surface area contributed by atoms with Gasteiger partial charge in [0.15, 0.2) is 12.4 Å². The van der Waals surface area contributed by atoms with Gasteiger partial charge in [0.2, 0.25) is 0 Å². The number of amides is 1. The van der Waals surface area contributed by atoms with E-state index < -0.39 is 11.9 Å². The molecule has 0 aliphatic carbocycles. The Hall–Kier alpha value is -3.60. The lowest BCUT2D eigenvalue weighted by Crippen LogP contribution is -2.21. The molecule has 0 saturated heterocycles. The smallest absolute Gasteiger partial charge is 0.338 e. The molecule has 0 bridgehead atoms. The van der Waals surface area contributed by atoms with Crippen molar-refractivity contribution in [3.05, 3.63) is 90.0 Å². The summed E-state index contributed by atoms with van der Waals surface area (Å²) in [5.41, 5.74) is 1.74. The quantitative estimate of drug-likeness (QED) is 0.653. The van der Waals surface area contributed by atoms with Crippen LogP contribution in [0.25, 0.3) is 0 Å². The van der Waals surface area contributed by atoms with E-state index in [4.69, 9.17) is 9.47 Å². The van der Waals surface area contributed by atoms with Gasteiger partial charge in [0, 0.05) is 0 Å². The first-order valence-electron chi connectivity index (χ1n) is 8.48. The molecule has 0 aliphatic rings. The third kappa shape index (κ3) is 4.95. The number of nitrogens with one attached hydrogen (secondary N) is 1. The fraction of sp³-hybridized carbons (Fsp3) is 0.0909. The molecule has 5 nitrogen and oxygen atoms in total. The SMILES string of the molecule is Cc1ccccc1C(=O)OCC(=O)Nc1ccccc1Oc1ccccc1. The Morgan fingerprint density at radius 2 is 1.52 bits per heavy atom. The molecule has 136 valence electrons. The van der Waals surface area contributed by atoms with Crippen molar-refractivity contribution < 1.29 is 19.1 Å². The molecule has 3 rings (SSSR count). The van der Waals surface area contributed by atoms with E-state index in [1.54, 1.807) is 30.3 Å². The van der Waals surface area contributed by atoms with Gasteiger partial charge in [0.05, 0.1) is 11.3 Å². The van der Waals surface area contributed by atoms with Crippen molar-refractivity contribution >= 4 is 17.6 Å². The average molecular weight is 361 g/mol. The minimum Gasteiger partial charge on any atom is -0.455 e. The van der Waals surface area contributed by atoms with Crippen LogP contribution in [0.4, 0.5) is 5.69 Å². The summed E-state index contributed by atoms with van der Waals surface area (Å²) in [6.07, 6.45) is 0. The van der Waals surface area contributed by atoms with Gasteiger partial charge in [0.1, 0.15) is 5.75 Å². The van der Waals surface area contributed by atoms with Gasteiger partial charge in [-0.2, -0.15) is 0 Å². The molecule has 5 heteroatoms. The van der Waals surface area contributed by atoms with Crippen LogP contribution < -0.4 is 10.1 Å². The lowest BCUT2D eigenvalue weighted by molar-refractivity contribution is -0.119. The van der Waals surface area contributed by atoms with Crippen molar-refractivity contribution in [2.75, 3.05) is 11.9 Å². The van der Waals surface area contributed by atoms with Crippen molar-refractivity contribution in [3.8, 4) is 11.5 Å². The topological polar surface area (TPSA) is 64.6 Å². The van der Waals surface area contributed by atoms with E-state index in [-0.39, 0.29) is 6.61 Å². The van der Waals surface area contributed by atoms with Gasteiger partial charge in [-0.25, -0.2) is 4.79 Å². The van der Waals surface area contributed by atoms with Crippen LogP contribution in [-0.4, -0.2) is 18.5 Å². The fourth-order valence-electron chi connectivity index (χ4n) is 2.47. The predicted molar refractivity (Wildman–Crippen MR) is 103 cm³/mol. The Bertz CT molecular complexity index is 938. The second-order valence-corrected chi connectivity index (χ2v) is 5.85. The minimum atomic E-state index is -0.530. The summed E-state index contributed by atoms with van der Waals surface area (Å²) in [7, 11) is 0. The number of carbonyl (C=O) groups excluding carboxylic acids is 2. The first-order chi connectivity index (χ1) is 13.1. The average Bonchev–Trinajstić information content (AvgIpc) is 2.69. The molecule has 0 aromatic heterocycles. The van der Waals surface area contributed by atoms with Gasteiger partial charge < -0.3 is 14.8 Å². The zero-order chi connectivity index (χ0) is 19.1. The van der Waals surface area contributed by atoms with Crippen LogP contribution in [0, 0.1) is 6.92 Å². The molecule has 0 spiro atoms. The second kappa shape index (κ2) is 8.67. The summed E-state index contributed by atoms with van der Waals surface area (Å²) in [4.78, 5) is 24.3. The minimum absolute atomic E-state index is 0.382. The Labute approximate surface area is 157 Å². The highest BCUT2D eigenvalue weighted by Gasteiger charge is 2.13. The molecule has 1 N–H and O–H groups in total. The first kappa shape index (κ1) is 18.2. The van der Waals surface area contributed by atoms with E-state index in [2.05, 4.69) is 5.32 Å². The van der Waals surface area contributed by atoms with E-state index in [0.717, 1.165) is 5.56 Å². The molecule has 27 heavy (non-hydrogen) atoms. The van der Waals surface area contributed by atoms with Gasteiger partial charge in [0.25, 0.3) is 5.91 Å². The number of hydrogen-bond acceptors (Lipinski definition) is 4. The van der Waals surface area contributed by atoms with Crippen LogP contribution in [0.1, 0.15) is 15.9 Å². The summed E-state index contributed by atoms with van der Waals surface area (Å²) >= 11 is 0. The summed E-state index contributed by atoms with van der Waals surface area (Å²) < 4.78 is 10.9. The third-order valence-electron chi connectivity index (χ3n) is 3.83. The Balaban J connectivity index is 1.61. The maximum atomic E-state index is 12.2. The molecule has 1 amide bonds. The molecule has 3 aromatic carbocycles. The van der Waals surface area contributed by atoms with Crippen molar-refractivity contribution in [2.24, 2.45) is 0 Å². The maximum absolute atomic E-state index is 12.2. The monoisotopic (exact) mass is 361 g/mol. The number of benzene rings is 3. The predicted octanol–water partition coefficient (Wildman–Crippen LogP) is 4.58. The molecular formula is C22H19NO4. The number of ether oxygens (including phenoxy) is 2. The third-order valence-corrected chi connectivity index (χ3v) is 3.83. The van der Waals surface area contributed by atoms with Gasteiger partial charge in [-0.05, 0) is 42.8 Å². The highest BCUT2D eigenvalue weighted by atomic mass is 16.5. The molecule has 0 unspecified atom stereocenters. The largest absolute Gasteiger partial charge is 0.455 e. The molecule has 0 aliphatic heterocycles. The Morgan fingerprint density at radius 1 is 0.852 bits per heavy atom. The number of esters is 1. The standard InChI is InChI=1S/C22H19NO4/c1-16-9-5-6-12-18(16)22(25)26-15-21(24)23-19-13-7-8-14-20(19)27-17-10-3-2-4-11-17/h2-14H,15H2,1H3,(H,23,24). The van der Waals surface area contributed by atoms with Gasteiger partial charge in [-0.1, -0.05) is 48.5 Å². The van der Waals surface area contributed by atoms with Crippen molar-refractivity contribution in [1.29, 1.82) is 0 Å². The van der Waals surface area contributed by atoms with Gasteiger partial charge in [-0.3, -0.25) is 4.79 Å². The van der Waals surface area contributed by atoms with Crippen LogP contribution in [0.2, 0.25) is 0 Å². The lowest BCUT2D eigenvalue weighted by atomic mass is 10.1. The molecule has 0 heterocycles. The van der Waals surface area contributed by atoms with Crippen LogP contribution in [0.15, 0.2) is 78.9 Å². The van der Waals surface area contributed by atoms with E-state index in [1.807, 2.05) is 55.5 Å². The van der Waals surface area contributed by atoms with Crippen molar-refractivity contribution in [3.63, 3.8) is 0 Å². The molecular weight excluding hydrogens is 342 g/mol. The summed E-state index contributed by atoms with van der Waals surface area (Å²) in [6.45, 7) is 1.43. The molecule has 0 fully saturated rings. The number of para-hydroxylation sites is 3. The van der Waals surface area contributed by atoms with Crippen molar-refractivity contribution in [1.82, 2.24) is 0 Å². The number of hydrogen-bond donors (Lipinski definition) is 1. The number of anilines is 1. The zero-order valence-electron chi connectivity index (χ0n) is 14.8. The van der Waals surface area contributed by atoms with E-state index >= 15 is 0 Å². The number of aryl methyl sites for hydroxylation is 1. The van der Waals surface area contributed by atoms with Crippen LogP contribution in [0.3, 0.4) is 0 Å². The summed E-state index contributed by atoms with van der Waals surface area (Å²) in [6, 6.07) is 23.4. The molecule has 3 aromatic rings.